The Morgan fingerprint density at radius 3 is 1.88 bits per heavy atom. The standard InChI is InChI=1S/C29H21Br2Cl2N3O7/c30-22-12-20-21(13-23(22)31)29(40)35(28(20)39)34(27(38)16-3-10-24(32)25(33)11-16)14-26(37)15-1-6-18(7-2-15)43-19-8-4-17(5-9-19)36(41)42/h1-11,20-23H,12-14H2/t20-,21+,22-,23-/m0/s1. The van der Waals surface area contributed by atoms with Gasteiger partial charge in [-0.25, -0.2) is 5.01 Å². The lowest BCUT2D eigenvalue weighted by Crippen LogP contribution is -2.52. The highest BCUT2D eigenvalue weighted by molar-refractivity contribution is 9.12. The first-order chi connectivity index (χ1) is 20.4. The van der Waals surface area contributed by atoms with Crippen LogP contribution >= 0.6 is 55.1 Å². The second-order valence-corrected chi connectivity index (χ2v) is 13.2. The fourth-order valence-electron chi connectivity index (χ4n) is 5.04. The molecule has 0 N–H and O–H groups in total. The van der Waals surface area contributed by atoms with Gasteiger partial charge in [0.2, 0.25) is 0 Å². The zero-order chi connectivity index (χ0) is 31.0. The number of amides is 3. The molecular formula is C29H21Br2Cl2N3O7. The lowest BCUT2D eigenvalue weighted by Gasteiger charge is -2.30. The number of nitrogens with zero attached hydrogens (tertiary/aromatic N) is 3. The van der Waals surface area contributed by atoms with Gasteiger partial charge in [-0.2, -0.15) is 5.01 Å². The molecule has 0 unspecified atom stereocenters. The number of hydrogen-bond acceptors (Lipinski definition) is 7. The molecule has 1 saturated heterocycles. The van der Waals surface area contributed by atoms with Gasteiger partial charge < -0.3 is 4.74 Å². The minimum absolute atomic E-state index is 0.0428. The number of benzene rings is 3. The maximum Gasteiger partial charge on any atom is 0.273 e. The van der Waals surface area contributed by atoms with Gasteiger partial charge in [0, 0.05) is 32.9 Å². The van der Waals surface area contributed by atoms with Gasteiger partial charge in [-0.3, -0.25) is 29.3 Å². The zero-order valence-electron chi connectivity index (χ0n) is 22.0. The van der Waals surface area contributed by atoms with E-state index >= 15 is 0 Å². The van der Waals surface area contributed by atoms with E-state index in [1.54, 1.807) is 0 Å². The van der Waals surface area contributed by atoms with Gasteiger partial charge in [0.05, 0.1) is 26.8 Å². The van der Waals surface area contributed by atoms with Crippen LogP contribution in [0.15, 0.2) is 66.7 Å². The van der Waals surface area contributed by atoms with Crippen molar-refractivity contribution in [2.75, 3.05) is 6.54 Å². The average molecular weight is 754 g/mol. The first kappa shape index (κ1) is 31.1. The molecule has 14 heteroatoms. The Morgan fingerprint density at radius 1 is 0.860 bits per heavy atom. The number of halogens is 4. The van der Waals surface area contributed by atoms with Crippen molar-refractivity contribution in [2.45, 2.75) is 22.5 Å². The topological polar surface area (TPSA) is 127 Å². The van der Waals surface area contributed by atoms with Crippen molar-refractivity contribution in [1.82, 2.24) is 10.0 Å². The van der Waals surface area contributed by atoms with Crippen molar-refractivity contribution in [1.29, 1.82) is 0 Å². The Bertz CT molecular complexity index is 1590. The average Bonchev–Trinajstić information content (AvgIpc) is 3.21. The lowest BCUT2D eigenvalue weighted by molar-refractivity contribution is -0.384. The van der Waals surface area contributed by atoms with Crippen LogP contribution in [0.5, 0.6) is 11.5 Å². The van der Waals surface area contributed by atoms with E-state index in [-0.39, 0.29) is 36.5 Å². The summed E-state index contributed by atoms with van der Waals surface area (Å²) in [7, 11) is 0. The number of carbonyl (C=O) groups is 4. The lowest BCUT2D eigenvalue weighted by atomic mass is 9.81. The van der Waals surface area contributed by atoms with Crippen LogP contribution in [0.25, 0.3) is 0 Å². The van der Waals surface area contributed by atoms with Gasteiger partial charge in [0.15, 0.2) is 5.78 Å². The number of imide groups is 1. The molecule has 3 aromatic carbocycles. The number of alkyl halides is 2. The van der Waals surface area contributed by atoms with Crippen molar-refractivity contribution < 1.29 is 28.8 Å². The fourth-order valence-corrected chi connectivity index (χ4v) is 6.57. The minimum atomic E-state index is -0.767. The highest BCUT2D eigenvalue weighted by atomic mass is 79.9. The molecule has 0 aromatic heterocycles. The second-order valence-electron chi connectivity index (χ2n) is 10.00. The van der Waals surface area contributed by atoms with Crippen molar-refractivity contribution in [2.24, 2.45) is 11.8 Å². The molecule has 3 aromatic rings. The number of non-ortho nitro benzene ring substituents is 1. The van der Waals surface area contributed by atoms with Crippen molar-refractivity contribution in [3.05, 3.63) is 98.0 Å². The molecule has 2 aliphatic rings. The van der Waals surface area contributed by atoms with Gasteiger partial charge in [0.1, 0.15) is 18.0 Å². The van der Waals surface area contributed by atoms with Crippen molar-refractivity contribution in [3.8, 4) is 11.5 Å². The predicted octanol–water partition coefficient (Wildman–Crippen LogP) is 6.86. The summed E-state index contributed by atoms with van der Waals surface area (Å²) in [6, 6.07) is 15.6. The third kappa shape index (κ3) is 6.47. The summed E-state index contributed by atoms with van der Waals surface area (Å²) in [6.07, 6.45) is 0.779. The molecule has 1 saturated carbocycles. The Kier molecular flexibility index (Phi) is 9.21. The smallest absolute Gasteiger partial charge is 0.273 e. The number of rotatable bonds is 8. The van der Waals surface area contributed by atoms with Gasteiger partial charge in [-0.15, -0.1) is 0 Å². The monoisotopic (exact) mass is 751 g/mol. The van der Waals surface area contributed by atoms with Gasteiger partial charge in [0.25, 0.3) is 23.4 Å². The van der Waals surface area contributed by atoms with Gasteiger partial charge in [-0.05, 0) is 67.4 Å². The third-order valence-corrected chi connectivity index (χ3v) is 10.8. The van der Waals surface area contributed by atoms with E-state index in [1.165, 1.54) is 66.7 Å². The SMILES string of the molecule is O=C(CN(C(=O)c1ccc(Cl)c(Cl)c1)N1C(=O)[C@H]2C[C@H](Br)[C@@H](Br)C[C@H]2C1=O)c1ccc(Oc2ccc([N+](=O)[O-])cc2)cc1. The number of ether oxygens (including phenoxy) is 1. The largest absolute Gasteiger partial charge is 0.457 e. The van der Waals surface area contributed by atoms with E-state index in [1.807, 2.05) is 0 Å². The van der Waals surface area contributed by atoms with Crippen LogP contribution in [0.2, 0.25) is 10.0 Å². The molecule has 0 bridgehead atoms. The van der Waals surface area contributed by atoms with E-state index in [9.17, 15) is 29.3 Å². The Hall–Kier alpha value is -3.32. The van der Waals surface area contributed by atoms with Crippen LogP contribution in [0.1, 0.15) is 33.6 Å². The summed E-state index contributed by atoms with van der Waals surface area (Å²) in [4.78, 5) is 64.6. The van der Waals surface area contributed by atoms with Crippen LogP contribution in [0, 0.1) is 22.0 Å². The molecule has 2 fully saturated rings. The fraction of sp³-hybridized carbons (Fsp3) is 0.241. The highest BCUT2D eigenvalue weighted by Crippen LogP contribution is 2.44. The molecule has 4 atom stereocenters. The summed E-state index contributed by atoms with van der Waals surface area (Å²) in [5.41, 5.74) is 0.156. The number of hydrogen-bond donors (Lipinski definition) is 0. The zero-order valence-corrected chi connectivity index (χ0v) is 26.7. The normalized spacial score (nSPS) is 21.3. The van der Waals surface area contributed by atoms with Crippen molar-refractivity contribution in [3.63, 3.8) is 0 Å². The molecule has 0 radical (unpaired) electrons. The maximum atomic E-state index is 13.8. The molecule has 0 spiro atoms. The molecule has 1 aliphatic carbocycles. The first-order valence-electron chi connectivity index (χ1n) is 12.9. The number of carbonyl (C=O) groups excluding carboxylic acids is 4. The quantitative estimate of drug-likeness (QED) is 0.0809. The molecule has 1 aliphatic heterocycles. The molecule has 43 heavy (non-hydrogen) atoms. The minimum Gasteiger partial charge on any atom is -0.457 e. The Balaban J connectivity index is 1.39. The molecule has 3 amide bonds. The van der Waals surface area contributed by atoms with Crippen LogP contribution < -0.4 is 4.74 Å². The number of ketones is 1. The third-order valence-electron chi connectivity index (χ3n) is 7.28. The van der Waals surface area contributed by atoms with Crippen LogP contribution in [-0.4, -0.2) is 54.6 Å². The molecule has 1 heterocycles. The summed E-state index contributed by atoms with van der Waals surface area (Å²) >= 11 is 19.3. The summed E-state index contributed by atoms with van der Waals surface area (Å²) in [5, 5.41) is 12.8. The number of Topliss-reactive ketones (excluding diaryl/α,β-unsaturated/α-hetero) is 1. The Morgan fingerprint density at radius 2 is 1.37 bits per heavy atom. The van der Waals surface area contributed by atoms with Gasteiger partial charge in [-0.1, -0.05) is 55.1 Å². The Labute approximate surface area is 272 Å². The van der Waals surface area contributed by atoms with E-state index in [4.69, 9.17) is 27.9 Å². The van der Waals surface area contributed by atoms with E-state index in [2.05, 4.69) is 31.9 Å². The van der Waals surface area contributed by atoms with E-state index < -0.39 is 46.8 Å². The van der Waals surface area contributed by atoms with Crippen LogP contribution in [-0.2, 0) is 9.59 Å². The number of fused-ring (bicyclic) bond motifs is 1. The molecule has 222 valence electrons. The summed E-state index contributed by atoms with van der Waals surface area (Å²) < 4.78 is 5.70. The van der Waals surface area contributed by atoms with Crippen LogP contribution in [0.4, 0.5) is 5.69 Å². The van der Waals surface area contributed by atoms with Gasteiger partial charge >= 0.3 is 0 Å². The number of nitro groups is 1. The predicted molar refractivity (Wildman–Crippen MR) is 165 cm³/mol. The molecular weight excluding hydrogens is 733 g/mol. The molecule has 5 rings (SSSR count). The van der Waals surface area contributed by atoms with E-state index in [0.29, 0.717) is 24.3 Å². The van der Waals surface area contributed by atoms with Crippen LogP contribution in [0.3, 0.4) is 0 Å². The highest BCUT2D eigenvalue weighted by Gasteiger charge is 2.54. The second kappa shape index (κ2) is 12.7. The first-order valence-corrected chi connectivity index (χ1v) is 15.5. The number of nitro benzene ring substituents is 1. The number of hydrazine groups is 1. The van der Waals surface area contributed by atoms with Crippen molar-refractivity contribution >= 4 is 84.3 Å². The van der Waals surface area contributed by atoms with E-state index in [0.717, 1.165) is 10.0 Å². The summed E-state index contributed by atoms with van der Waals surface area (Å²) in [5.74, 6) is -2.97. The maximum absolute atomic E-state index is 13.8. The molecule has 10 nitrogen and oxygen atoms in total. The summed E-state index contributed by atoms with van der Waals surface area (Å²) in [6.45, 7) is -0.603.